The van der Waals surface area contributed by atoms with Crippen molar-refractivity contribution >= 4 is 80.3 Å². The van der Waals surface area contributed by atoms with Gasteiger partial charge in [-0.3, -0.25) is 28.8 Å². The number of amides is 4. The highest BCUT2D eigenvalue weighted by Crippen LogP contribution is 2.64. The average Bonchev–Trinajstić information content (AvgIpc) is 3.98. The number of phenols is 1. The summed E-state index contributed by atoms with van der Waals surface area (Å²) in [7, 11) is 6.41. The van der Waals surface area contributed by atoms with E-state index in [0.29, 0.717) is 45.0 Å². The third-order valence-corrected chi connectivity index (χ3v) is 15.6. The number of methoxy groups -OCH3 is 3. The summed E-state index contributed by atoms with van der Waals surface area (Å²) in [4.78, 5) is 62.9. The Labute approximate surface area is 384 Å². The summed E-state index contributed by atoms with van der Waals surface area (Å²) in [5, 5.41) is 18.1. The van der Waals surface area contributed by atoms with E-state index in [-0.39, 0.29) is 30.4 Å². The number of phenolic OH excluding ortho intramolecular Hbond substituents is 1. The number of halogens is 1. The quantitative estimate of drug-likeness (QED) is 0.0853. The zero-order valence-electron chi connectivity index (χ0n) is 36.5. The van der Waals surface area contributed by atoms with Crippen LogP contribution in [0.5, 0.6) is 23.0 Å². The number of carbonyl (C=O) groups is 4. The predicted octanol–water partition coefficient (Wildman–Crippen LogP) is 9.60. The Morgan fingerprint density at radius 1 is 0.831 bits per heavy atom. The number of anilines is 2. The van der Waals surface area contributed by atoms with Gasteiger partial charge < -0.3 is 19.3 Å². The number of benzene rings is 4. The fourth-order valence-corrected chi connectivity index (χ4v) is 12.1. The average molecular weight is 909 g/mol. The number of fused-ring (bicyclic) bond motifs is 5. The van der Waals surface area contributed by atoms with Crippen LogP contribution in [0.15, 0.2) is 96.6 Å². The number of nitrogens with zero attached hydrogens (tertiary/aromatic N) is 4. The van der Waals surface area contributed by atoms with E-state index in [1.807, 2.05) is 73.7 Å². The molecule has 2 saturated heterocycles. The number of hydrogen-bond acceptors (Lipinski definition) is 10. The van der Waals surface area contributed by atoms with Crippen molar-refractivity contribution in [2.45, 2.75) is 32.6 Å². The molecule has 330 valence electrons. The van der Waals surface area contributed by atoms with E-state index in [1.165, 1.54) is 23.0 Å². The van der Waals surface area contributed by atoms with E-state index >= 15 is 9.59 Å². The number of aryl methyl sites for hydroxylation is 2. The monoisotopic (exact) mass is 908 g/mol. The molecule has 2 aromatic heterocycles. The number of carbonyl (C=O) groups excluding carboxylic acids is 4. The van der Waals surface area contributed by atoms with E-state index in [1.54, 1.807) is 74.5 Å². The maximum Gasteiger partial charge on any atom is 0.242 e. The smallest absolute Gasteiger partial charge is 0.242 e. The maximum absolute atomic E-state index is 15.3. The van der Waals surface area contributed by atoms with Gasteiger partial charge in [0.05, 0.1) is 55.1 Å². The predicted molar refractivity (Wildman–Crippen MR) is 250 cm³/mol. The molecule has 4 aromatic carbocycles. The molecular formula is C51H45ClN4O8S. The molecule has 0 spiro atoms. The van der Waals surface area contributed by atoms with Crippen molar-refractivity contribution in [2.24, 2.45) is 36.1 Å². The molecule has 6 unspecified atom stereocenters. The Morgan fingerprint density at radius 2 is 1.57 bits per heavy atom. The minimum absolute atomic E-state index is 0.103. The molecule has 14 heteroatoms. The Bertz CT molecular complexity index is 3060. The van der Waals surface area contributed by atoms with Gasteiger partial charge in [-0.2, -0.15) is 5.10 Å². The number of imide groups is 2. The fourth-order valence-electron chi connectivity index (χ4n) is 10.8. The zero-order valence-corrected chi connectivity index (χ0v) is 38.1. The summed E-state index contributed by atoms with van der Waals surface area (Å²) >= 11 is 7.91. The molecule has 4 amide bonds. The van der Waals surface area contributed by atoms with Crippen molar-refractivity contribution in [1.29, 1.82) is 0 Å². The molecule has 1 N–H and O–H groups in total. The van der Waals surface area contributed by atoms with E-state index in [4.69, 9.17) is 30.9 Å². The number of allylic oxidation sites excluding steroid dienone is 2. The van der Waals surface area contributed by atoms with Gasteiger partial charge in [0.15, 0.2) is 0 Å². The molecule has 1 saturated carbocycles. The first-order valence-corrected chi connectivity index (χ1v) is 22.5. The fraction of sp³-hybridized carbons (Fsp3) is 0.275. The van der Waals surface area contributed by atoms with Gasteiger partial charge in [0.2, 0.25) is 23.6 Å². The first kappa shape index (κ1) is 42.3. The number of rotatable bonds is 9. The molecule has 0 radical (unpaired) electrons. The molecule has 6 aromatic rings. The third-order valence-electron chi connectivity index (χ3n) is 14.1. The van der Waals surface area contributed by atoms with Crippen molar-refractivity contribution in [3.63, 3.8) is 0 Å². The summed E-state index contributed by atoms with van der Waals surface area (Å²) in [6, 6.07) is 25.2. The molecule has 6 atom stereocenters. The number of aromatic nitrogens is 2. The lowest BCUT2D eigenvalue weighted by molar-refractivity contribution is -0.131. The van der Waals surface area contributed by atoms with E-state index in [2.05, 4.69) is 0 Å². The van der Waals surface area contributed by atoms with Gasteiger partial charge in [-0.1, -0.05) is 53.6 Å². The summed E-state index contributed by atoms with van der Waals surface area (Å²) in [6.45, 7) is 3.79. The highest BCUT2D eigenvalue weighted by Gasteiger charge is 2.68. The molecule has 12 nitrogen and oxygen atoms in total. The standard InChI is InChI=1S/C51H45ClN4O8S/c1-26-36-22-29(52)11-20-42(36)65-46(26)39-25-43(54(3)53-39)56-48(59)38-24-37-33(45(51(38,2)50(56)61)34-16-14-32(63-5)23-40(34)57)17-18-35-44(37)49(60)55(47(35)58)30-12-8-27(9-13-30)7-10-28-21-31(62-4)15-19-41(28)64-6/h7-17,19-23,25,35,37-38,44-45,57H,18,24H2,1-6H3. The van der Waals surface area contributed by atoms with Gasteiger partial charge in [0.1, 0.15) is 34.5 Å². The van der Waals surface area contributed by atoms with Crippen LogP contribution in [0, 0.1) is 36.0 Å². The van der Waals surface area contributed by atoms with E-state index in [9.17, 15) is 14.7 Å². The second-order valence-corrected chi connectivity index (χ2v) is 18.8. The maximum atomic E-state index is 15.3. The van der Waals surface area contributed by atoms with Crippen molar-refractivity contribution in [1.82, 2.24) is 9.78 Å². The van der Waals surface area contributed by atoms with Crippen LogP contribution in [-0.4, -0.2) is 59.8 Å². The molecule has 65 heavy (non-hydrogen) atoms. The van der Waals surface area contributed by atoms with Crippen molar-refractivity contribution in [3.05, 3.63) is 124 Å². The topological polar surface area (TPSA) is 140 Å². The molecule has 4 heterocycles. The van der Waals surface area contributed by atoms with Crippen LogP contribution in [-0.2, 0) is 26.2 Å². The molecule has 4 aliphatic rings. The highest BCUT2D eigenvalue weighted by molar-refractivity contribution is 7.22. The first-order valence-electron chi connectivity index (χ1n) is 21.3. The number of thiophene rings is 1. The van der Waals surface area contributed by atoms with Crippen molar-refractivity contribution in [3.8, 4) is 33.6 Å². The first-order chi connectivity index (χ1) is 31.3. The molecule has 2 aliphatic carbocycles. The Balaban J connectivity index is 1.00. The largest absolute Gasteiger partial charge is 0.508 e. The van der Waals surface area contributed by atoms with Crippen LogP contribution >= 0.6 is 22.9 Å². The van der Waals surface area contributed by atoms with Crippen LogP contribution < -0.4 is 24.0 Å². The van der Waals surface area contributed by atoms with Gasteiger partial charge in [-0.15, -0.1) is 11.3 Å². The van der Waals surface area contributed by atoms with Crippen LogP contribution in [0.25, 0.3) is 32.8 Å². The summed E-state index contributed by atoms with van der Waals surface area (Å²) in [5.41, 5.74) is 3.52. The summed E-state index contributed by atoms with van der Waals surface area (Å²) < 4.78 is 18.9. The zero-order chi connectivity index (χ0) is 45.6. The van der Waals surface area contributed by atoms with Crippen LogP contribution in [0.3, 0.4) is 0 Å². The Morgan fingerprint density at radius 3 is 2.29 bits per heavy atom. The lowest BCUT2D eigenvalue weighted by atomic mass is 9.51. The van der Waals surface area contributed by atoms with Gasteiger partial charge in [-0.05, 0) is 104 Å². The highest BCUT2D eigenvalue weighted by atomic mass is 35.5. The number of ether oxygens (including phenoxy) is 3. The normalized spacial score (nSPS) is 23.9. The van der Waals surface area contributed by atoms with Crippen LogP contribution in [0.2, 0.25) is 5.02 Å². The van der Waals surface area contributed by atoms with Gasteiger partial charge in [0.25, 0.3) is 0 Å². The minimum Gasteiger partial charge on any atom is -0.508 e. The van der Waals surface area contributed by atoms with Gasteiger partial charge in [0, 0.05) is 45.9 Å². The number of hydrogen-bond donors (Lipinski definition) is 1. The Hall–Kier alpha value is -6.70. The van der Waals surface area contributed by atoms with Gasteiger partial charge in [-0.25, -0.2) is 4.90 Å². The molecule has 3 fully saturated rings. The summed E-state index contributed by atoms with van der Waals surface area (Å²) in [6.07, 6.45) is 6.20. The second-order valence-electron chi connectivity index (χ2n) is 17.3. The minimum atomic E-state index is -1.38. The number of aromatic hydroxyl groups is 1. The van der Waals surface area contributed by atoms with Gasteiger partial charge >= 0.3 is 0 Å². The second kappa shape index (κ2) is 15.8. The third kappa shape index (κ3) is 6.49. The lowest BCUT2D eigenvalue weighted by Crippen LogP contribution is -2.49. The SMILES string of the molecule is COc1ccc(C2C3=CCC4C(=O)N(c5ccc(C=Cc6cc(OC)ccc6OC)cc5)C(=O)C4C3CC3C(=O)N(c4cc(-c5sc6ccc(Cl)cc6c5C)nn4C)C(=O)C32C)c(O)c1. The van der Waals surface area contributed by atoms with E-state index < -0.39 is 46.8 Å². The molecule has 10 rings (SSSR count). The summed E-state index contributed by atoms with van der Waals surface area (Å²) in [5.74, 6) is -3.28. The van der Waals surface area contributed by atoms with Crippen LogP contribution in [0.4, 0.5) is 11.5 Å². The van der Waals surface area contributed by atoms with Crippen molar-refractivity contribution < 1.29 is 38.5 Å². The molecular weight excluding hydrogens is 864 g/mol. The van der Waals surface area contributed by atoms with E-state index in [0.717, 1.165) is 37.2 Å². The lowest BCUT2D eigenvalue weighted by Gasteiger charge is -2.49. The molecule has 0 bridgehead atoms. The van der Waals surface area contributed by atoms with Crippen molar-refractivity contribution in [2.75, 3.05) is 31.1 Å². The molecule has 2 aliphatic heterocycles. The van der Waals surface area contributed by atoms with Crippen LogP contribution in [0.1, 0.15) is 47.9 Å². The Kier molecular flexibility index (Phi) is 10.3.